The molecule has 0 amide bonds. The molecule has 0 spiro atoms. The van der Waals surface area contributed by atoms with Crippen LogP contribution in [-0.2, 0) is 11.0 Å². The van der Waals surface area contributed by atoms with Crippen molar-refractivity contribution in [1.29, 1.82) is 0 Å². The van der Waals surface area contributed by atoms with E-state index in [9.17, 15) is 4.21 Å². The van der Waals surface area contributed by atoms with E-state index in [4.69, 9.17) is 0 Å². The largest absolute Gasteiger partial charge is 0.242 e. The van der Waals surface area contributed by atoms with Gasteiger partial charge in [0.2, 0.25) is 0 Å². The highest BCUT2D eigenvalue weighted by Crippen LogP contribution is 2.25. The zero-order chi connectivity index (χ0) is 15.5. The molecule has 0 aromatic heterocycles. The average Bonchev–Trinajstić information content (AvgIpc) is 2.45. The third-order valence-corrected chi connectivity index (χ3v) is 5.21. The molecular formula is C17H20BrNOS. The Bertz CT molecular complexity index is 605. The molecule has 2 aromatic rings. The molecule has 0 fully saturated rings. The first-order valence-corrected chi connectivity index (χ1v) is 8.80. The van der Waals surface area contributed by atoms with E-state index >= 15 is 0 Å². The van der Waals surface area contributed by atoms with Crippen molar-refractivity contribution in [3.63, 3.8) is 0 Å². The van der Waals surface area contributed by atoms with Crippen LogP contribution in [0.3, 0.4) is 0 Å². The molecule has 0 aliphatic carbocycles. The van der Waals surface area contributed by atoms with E-state index in [1.165, 1.54) is 0 Å². The van der Waals surface area contributed by atoms with E-state index in [-0.39, 0.29) is 10.8 Å². The Morgan fingerprint density at radius 1 is 0.952 bits per heavy atom. The monoisotopic (exact) mass is 365 g/mol. The minimum atomic E-state index is -1.14. The van der Waals surface area contributed by atoms with Crippen LogP contribution >= 0.6 is 15.9 Å². The Morgan fingerprint density at radius 2 is 1.48 bits per heavy atom. The summed E-state index contributed by atoms with van der Waals surface area (Å²) in [6.45, 7) is 5.92. The van der Waals surface area contributed by atoms with Crippen LogP contribution in [0.15, 0.2) is 59.1 Å². The molecule has 112 valence electrons. The van der Waals surface area contributed by atoms with Crippen molar-refractivity contribution >= 4 is 26.9 Å². The van der Waals surface area contributed by atoms with E-state index in [2.05, 4.69) is 44.9 Å². The van der Waals surface area contributed by atoms with E-state index in [1.54, 1.807) is 0 Å². The summed E-state index contributed by atoms with van der Waals surface area (Å²) >= 11 is 3.45. The van der Waals surface area contributed by atoms with Crippen LogP contribution < -0.4 is 4.72 Å². The molecule has 0 bridgehead atoms. The maximum absolute atomic E-state index is 12.5. The van der Waals surface area contributed by atoms with Crippen LogP contribution in [0.1, 0.15) is 37.9 Å². The maximum Gasteiger partial charge on any atom is 0.0979 e. The molecule has 0 saturated carbocycles. The summed E-state index contributed by atoms with van der Waals surface area (Å²) in [5.41, 5.74) is 2.21. The fraction of sp³-hybridized carbons (Fsp3) is 0.294. The Hall–Kier alpha value is -0.970. The number of hydrogen-bond donors (Lipinski definition) is 1. The minimum Gasteiger partial charge on any atom is -0.242 e. The maximum atomic E-state index is 12.5. The number of halogens is 1. The van der Waals surface area contributed by atoms with Gasteiger partial charge in [-0.15, -0.1) is 0 Å². The molecule has 0 heterocycles. The Morgan fingerprint density at radius 3 is 2.00 bits per heavy atom. The van der Waals surface area contributed by atoms with Crippen molar-refractivity contribution in [2.75, 3.05) is 0 Å². The molecule has 1 N–H and O–H groups in total. The molecule has 0 unspecified atom stereocenters. The molecule has 2 aromatic carbocycles. The normalized spacial score (nSPS) is 14.7. The second-order valence-corrected chi connectivity index (χ2v) is 8.81. The molecule has 4 heteroatoms. The SMILES string of the molecule is CC(C)(C)[S@@](=O)N[C@H](c1ccccc1)c1ccc(Br)cc1. The minimum absolute atomic E-state index is 0.0839. The van der Waals surface area contributed by atoms with Gasteiger partial charge in [-0.25, -0.2) is 8.93 Å². The predicted octanol–water partition coefficient (Wildman–Crippen LogP) is 4.59. The van der Waals surface area contributed by atoms with Gasteiger partial charge in [-0.3, -0.25) is 0 Å². The first kappa shape index (κ1) is 16.4. The van der Waals surface area contributed by atoms with Gasteiger partial charge in [0.1, 0.15) is 0 Å². The van der Waals surface area contributed by atoms with Gasteiger partial charge in [0.05, 0.1) is 21.8 Å². The third kappa shape index (κ3) is 4.50. The van der Waals surface area contributed by atoms with Gasteiger partial charge in [-0.2, -0.15) is 0 Å². The van der Waals surface area contributed by atoms with Crippen LogP contribution in [0.4, 0.5) is 0 Å². The summed E-state index contributed by atoms with van der Waals surface area (Å²) in [6, 6.07) is 18.1. The van der Waals surface area contributed by atoms with Crippen molar-refractivity contribution in [3.05, 3.63) is 70.2 Å². The van der Waals surface area contributed by atoms with Gasteiger partial charge in [-0.05, 0) is 44.0 Å². The summed E-state index contributed by atoms with van der Waals surface area (Å²) in [6.07, 6.45) is 0. The first-order valence-electron chi connectivity index (χ1n) is 6.86. The topological polar surface area (TPSA) is 29.1 Å². The van der Waals surface area contributed by atoms with Gasteiger partial charge >= 0.3 is 0 Å². The number of nitrogens with one attached hydrogen (secondary N) is 1. The summed E-state index contributed by atoms with van der Waals surface area (Å²) in [5, 5.41) is 0. The zero-order valence-corrected chi connectivity index (χ0v) is 14.9. The zero-order valence-electron chi connectivity index (χ0n) is 12.5. The van der Waals surface area contributed by atoms with Crippen molar-refractivity contribution < 1.29 is 4.21 Å². The molecule has 0 aliphatic rings. The quantitative estimate of drug-likeness (QED) is 0.843. The second-order valence-electron chi connectivity index (χ2n) is 5.89. The van der Waals surface area contributed by atoms with Gasteiger partial charge in [0.25, 0.3) is 0 Å². The Balaban J connectivity index is 2.36. The third-order valence-electron chi connectivity index (χ3n) is 3.12. The lowest BCUT2D eigenvalue weighted by Crippen LogP contribution is -2.36. The Labute approximate surface area is 137 Å². The van der Waals surface area contributed by atoms with Crippen LogP contribution in [0.5, 0.6) is 0 Å². The molecule has 2 atom stereocenters. The van der Waals surface area contributed by atoms with E-state index in [1.807, 2.05) is 51.1 Å². The van der Waals surface area contributed by atoms with Crippen molar-refractivity contribution in [3.8, 4) is 0 Å². The van der Waals surface area contributed by atoms with Crippen molar-refractivity contribution in [2.24, 2.45) is 0 Å². The van der Waals surface area contributed by atoms with Gasteiger partial charge < -0.3 is 0 Å². The molecule has 0 aliphatic heterocycles. The fourth-order valence-corrected chi connectivity index (χ4v) is 3.02. The number of hydrogen-bond acceptors (Lipinski definition) is 1. The number of rotatable bonds is 4. The van der Waals surface area contributed by atoms with Crippen molar-refractivity contribution in [2.45, 2.75) is 31.6 Å². The first-order chi connectivity index (χ1) is 9.88. The number of benzene rings is 2. The van der Waals surface area contributed by atoms with E-state index in [0.29, 0.717) is 0 Å². The summed E-state index contributed by atoms with van der Waals surface area (Å²) in [5.74, 6) is 0. The highest BCUT2D eigenvalue weighted by atomic mass is 79.9. The van der Waals surface area contributed by atoms with E-state index < -0.39 is 11.0 Å². The summed E-state index contributed by atoms with van der Waals surface area (Å²) in [7, 11) is -1.14. The smallest absolute Gasteiger partial charge is 0.0979 e. The molecule has 2 nitrogen and oxygen atoms in total. The molecular weight excluding hydrogens is 346 g/mol. The lowest BCUT2D eigenvalue weighted by molar-refractivity contribution is 0.623. The van der Waals surface area contributed by atoms with Crippen LogP contribution in [-0.4, -0.2) is 8.96 Å². The van der Waals surface area contributed by atoms with Gasteiger partial charge in [-0.1, -0.05) is 58.4 Å². The molecule has 0 saturated heterocycles. The Kier molecular flexibility index (Phi) is 5.36. The van der Waals surface area contributed by atoms with Gasteiger partial charge in [0, 0.05) is 4.47 Å². The van der Waals surface area contributed by atoms with E-state index in [0.717, 1.165) is 15.6 Å². The molecule has 21 heavy (non-hydrogen) atoms. The fourth-order valence-electron chi connectivity index (χ4n) is 1.91. The van der Waals surface area contributed by atoms with Crippen LogP contribution in [0, 0.1) is 0 Å². The standard InChI is InChI=1S/C17H20BrNOS/c1-17(2,3)21(20)19-16(13-7-5-4-6-8-13)14-9-11-15(18)12-10-14/h4-12,16,19H,1-3H3/t16-,21-/m1/s1. The lowest BCUT2D eigenvalue weighted by Gasteiger charge is -2.25. The van der Waals surface area contributed by atoms with Crippen molar-refractivity contribution in [1.82, 2.24) is 4.72 Å². The molecule has 0 radical (unpaired) electrons. The van der Waals surface area contributed by atoms with Gasteiger partial charge in [0.15, 0.2) is 0 Å². The predicted molar refractivity (Wildman–Crippen MR) is 93.5 cm³/mol. The summed E-state index contributed by atoms with van der Waals surface area (Å²) in [4.78, 5) is 0. The van der Waals surface area contributed by atoms with Crippen LogP contribution in [0.2, 0.25) is 0 Å². The highest BCUT2D eigenvalue weighted by Gasteiger charge is 2.24. The highest BCUT2D eigenvalue weighted by molar-refractivity contribution is 9.10. The average molecular weight is 366 g/mol. The lowest BCUT2D eigenvalue weighted by atomic mass is 10.00. The summed E-state index contributed by atoms with van der Waals surface area (Å²) < 4.78 is 16.5. The molecule has 2 rings (SSSR count). The second kappa shape index (κ2) is 6.86. The van der Waals surface area contributed by atoms with Crippen LogP contribution in [0.25, 0.3) is 0 Å².